The highest BCUT2D eigenvalue weighted by Gasteiger charge is 2.32. The lowest BCUT2D eigenvalue weighted by atomic mass is 10.2. The molecule has 1 fully saturated rings. The molecule has 1 aromatic heterocycles. The number of aryl methyl sites for hydroxylation is 2. The third-order valence-electron chi connectivity index (χ3n) is 4.19. The number of hydrogen-bond donors (Lipinski definition) is 2. The Labute approximate surface area is 131 Å². The van der Waals surface area contributed by atoms with Crippen molar-refractivity contribution in [2.45, 2.75) is 46.4 Å². The van der Waals surface area contributed by atoms with E-state index in [0.29, 0.717) is 19.8 Å². The first-order valence-corrected chi connectivity index (χ1v) is 7.81. The van der Waals surface area contributed by atoms with Crippen molar-refractivity contribution in [1.29, 1.82) is 0 Å². The summed E-state index contributed by atoms with van der Waals surface area (Å²) in [5.74, 6) is -0.0946. The van der Waals surface area contributed by atoms with Gasteiger partial charge in [0.1, 0.15) is 0 Å². The van der Waals surface area contributed by atoms with Gasteiger partial charge in [-0.1, -0.05) is 6.92 Å². The summed E-state index contributed by atoms with van der Waals surface area (Å²) in [6.07, 6.45) is -0.529. The number of nitrogens with one attached hydrogen (secondary N) is 1. The maximum Gasteiger partial charge on any atom is 0.238 e. The fourth-order valence-corrected chi connectivity index (χ4v) is 2.89. The molecule has 1 amide bonds. The van der Waals surface area contributed by atoms with E-state index < -0.39 is 6.10 Å². The highest BCUT2D eigenvalue weighted by Crippen LogP contribution is 2.19. The number of aliphatic hydroxyl groups excluding tert-OH is 1. The molecule has 2 atom stereocenters. The topological polar surface area (TPSA) is 79.6 Å². The van der Waals surface area contributed by atoms with Crippen molar-refractivity contribution in [2.75, 3.05) is 31.6 Å². The fraction of sp³-hybridized carbons (Fsp3) is 0.733. The SMILES string of the molecule is CCN(CC(=O)Nc1c(C)nn(CC)c1C)[C@@H]1COC[C@H]1O. The number of nitrogens with zero attached hydrogens (tertiary/aromatic N) is 3. The summed E-state index contributed by atoms with van der Waals surface area (Å²) in [5, 5.41) is 17.3. The number of carbonyl (C=O) groups excluding carboxylic acids is 1. The highest BCUT2D eigenvalue weighted by atomic mass is 16.5. The minimum absolute atomic E-state index is 0.0946. The molecular weight excluding hydrogens is 284 g/mol. The number of aliphatic hydroxyl groups is 1. The second kappa shape index (κ2) is 7.21. The van der Waals surface area contributed by atoms with Gasteiger partial charge in [-0.05, 0) is 27.3 Å². The lowest BCUT2D eigenvalue weighted by molar-refractivity contribution is -0.118. The molecule has 0 bridgehead atoms. The molecule has 2 heterocycles. The van der Waals surface area contributed by atoms with Crippen molar-refractivity contribution in [3.8, 4) is 0 Å². The highest BCUT2D eigenvalue weighted by molar-refractivity contribution is 5.93. The van der Waals surface area contributed by atoms with Gasteiger partial charge in [0.05, 0.1) is 49.0 Å². The zero-order valence-electron chi connectivity index (χ0n) is 13.8. The summed E-state index contributed by atoms with van der Waals surface area (Å²) >= 11 is 0. The predicted octanol–water partition coefficient (Wildman–Crippen LogP) is 0.540. The molecule has 1 aliphatic rings. The van der Waals surface area contributed by atoms with E-state index in [4.69, 9.17) is 4.74 Å². The average molecular weight is 310 g/mol. The molecule has 1 saturated heterocycles. The monoisotopic (exact) mass is 310 g/mol. The van der Waals surface area contributed by atoms with Gasteiger partial charge in [0, 0.05) is 6.54 Å². The van der Waals surface area contributed by atoms with E-state index in [2.05, 4.69) is 10.4 Å². The number of rotatable bonds is 6. The van der Waals surface area contributed by atoms with Crippen molar-refractivity contribution in [3.63, 3.8) is 0 Å². The lowest BCUT2D eigenvalue weighted by Gasteiger charge is -2.27. The number of ether oxygens (including phenoxy) is 1. The normalized spacial score (nSPS) is 21.5. The minimum atomic E-state index is -0.529. The lowest BCUT2D eigenvalue weighted by Crippen LogP contribution is -2.46. The molecule has 0 aliphatic carbocycles. The number of amides is 1. The molecular formula is C15H26N4O3. The Kier molecular flexibility index (Phi) is 5.55. The summed E-state index contributed by atoms with van der Waals surface area (Å²) in [5.41, 5.74) is 2.56. The zero-order valence-corrected chi connectivity index (χ0v) is 13.8. The Balaban J connectivity index is 2.01. The molecule has 1 aliphatic heterocycles. The largest absolute Gasteiger partial charge is 0.389 e. The quantitative estimate of drug-likeness (QED) is 0.802. The molecule has 2 rings (SSSR count). The van der Waals surface area contributed by atoms with Crippen LogP contribution in [0.5, 0.6) is 0 Å². The number of anilines is 1. The summed E-state index contributed by atoms with van der Waals surface area (Å²) in [6.45, 7) is 10.3. The van der Waals surface area contributed by atoms with Crippen molar-refractivity contribution in [1.82, 2.24) is 14.7 Å². The second-order valence-corrected chi connectivity index (χ2v) is 5.65. The van der Waals surface area contributed by atoms with Gasteiger partial charge < -0.3 is 15.2 Å². The fourth-order valence-electron chi connectivity index (χ4n) is 2.89. The first kappa shape index (κ1) is 16.9. The van der Waals surface area contributed by atoms with Crippen LogP contribution in [0.1, 0.15) is 25.2 Å². The van der Waals surface area contributed by atoms with Crippen LogP contribution >= 0.6 is 0 Å². The molecule has 22 heavy (non-hydrogen) atoms. The number of likely N-dealkylation sites (N-methyl/N-ethyl adjacent to an activating group) is 1. The molecule has 7 heteroatoms. The Morgan fingerprint density at radius 2 is 2.18 bits per heavy atom. The van der Waals surface area contributed by atoms with Gasteiger partial charge in [-0.3, -0.25) is 14.4 Å². The van der Waals surface area contributed by atoms with Crippen molar-refractivity contribution < 1.29 is 14.6 Å². The van der Waals surface area contributed by atoms with Crippen LogP contribution in [0.25, 0.3) is 0 Å². The number of aromatic nitrogens is 2. The van der Waals surface area contributed by atoms with Gasteiger partial charge >= 0.3 is 0 Å². The number of hydrogen-bond acceptors (Lipinski definition) is 5. The molecule has 124 valence electrons. The van der Waals surface area contributed by atoms with Crippen molar-refractivity contribution >= 4 is 11.6 Å². The second-order valence-electron chi connectivity index (χ2n) is 5.65. The van der Waals surface area contributed by atoms with E-state index in [1.54, 1.807) is 0 Å². The van der Waals surface area contributed by atoms with Crippen LogP contribution in [0, 0.1) is 13.8 Å². The van der Waals surface area contributed by atoms with Gasteiger partial charge in [0.2, 0.25) is 5.91 Å². The Morgan fingerprint density at radius 3 is 2.68 bits per heavy atom. The molecule has 0 spiro atoms. The van der Waals surface area contributed by atoms with E-state index in [-0.39, 0.29) is 18.5 Å². The first-order chi connectivity index (χ1) is 10.5. The predicted molar refractivity (Wildman–Crippen MR) is 83.9 cm³/mol. The van der Waals surface area contributed by atoms with Crippen molar-refractivity contribution in [2.24, 2.45) is 0 Å². The summed E-state index contributed by atoms with van der Waals surface area (Å²) < 4.78 is 7.14. The van der Waals surface area contributed by atoms with Gasteiger partial charge in [0.15, 0.2) is 0 Å². The van der Waals surface area contributed by atoms with Crippen LogP contribution < -0.4 is 5.32 Å². The Morgan fingerprint density at radius 1 is 1.45 bits per heavy atom. The van der Waals surface area contributed by atoms with E-state index in [1.165, 1.54) is 0 Å². The van der Waals surface area contributed by atoms with Gasteiger partial charge in [-0.25, -0.2) is 0 Å². The Hall–Kier alpha value is -1.44. The van der Waals surface area contributed by atoms with Gasteiger partial charge in [0.25, 0.3) is 0 Å². The third kappa shape index (κ3) is 3.48. The zero-order chi connectivity index (χ0) is 16.3. The van der Waals surface area contributed by atoms with E-state index >= 15 is 0 Å². The van der Waals surface area contributed by atoms with Crippen LogP contribution in [0.3, 0.4) is 0 Å². The maximum atomic E-state index is 12.3. The van der Waals surface area contributed by atoms with Crippen LogP contribution in [0.15, 0.2) is 0 Å². The van der Waals surface area contributed by atoms with E-state index in [0.717, 1.165) is 23.6 Å². The van der Waals surface area contributed by atoms with E-state index in [1.807, 2.05) is 37.3 Å². The summed E-state index contributed by atoms with van der Waals surface area (Å²) in [7, 11) is 0. The van der Waals surface area contributed by atoms with Crippen LogP contribution in [-0.4, -0.2) is 64.1 Å². The summed E-state index contributed by atoms with van der Waals surface area (Å²) in [4.78, 5) is 14.3. The molecule has 0 aromatic carbocycles. The minimum Gasteiger partial charge on any atom is -0.389 e. The average Bonchev–Trinajstić information content (AvgIpc) is 3.03. The molecule has 0 unspecified atom stereocenters. The van der Waals surface area contributed by atoms with E-state index in [9.17, 15) is 9.90 Å². The molecule has 1 aromatic rings. The Bertz CT molecular complexity index is 529. The molecule has 7 nitrogen and oxygen atoms in total. The van der Waals surface area contributed by atoms with Gasteiger partial charge in [-0.15, -0.1) is 0 Å². The van der Waals surface area contributed by atoms with Crippen molar-refractivity contribution in [3.05, 3.63) is 11.4 Å². The van der Waals surface area contributed by atoms with Crippen LogP contribution in [0.2, 0.25) is 0 Å². The summed E-state index contributed by atoms with van der Waals surface area (Å²) in [6, 6.07) is -0.115. The third-order valence-corrected chi connectivity index (χ3v) is 4.19. The van der Waals surface area contributed by atoms with Crippen LogP contribution in [-0.2, 0) is 16.1 Å². The maximum absolute atomic E-state index is 12.3. The molecule has 0 saturated carbocycles. The smallest absolute Gasteiger partial charge is 0.238 e. The molecule has 0 radical (unpaired) electrons. The molecule has 2 N–H and O–H groups in total. The standard InChI is InChI=1S/C15H26N4O3/c1-5-18(12-8-22-9-13(12)20)7-14(21)16-15-10(3)17-19(6-2)11(15)4/h12-13,20H,5-9H2,1-4H3,(H,16,21)/t12-,13-/m1/s1. The number of carbonyl (C=O) groups is 1. The van der Waals surface area contributed by atoms with Gasteiger partial charge in [-0.2, -0.15) is 5.10 Å². The first-order valence-electron chi connectivity index (χ1n) is 7.81. The van der Waals surface area contributed by atoms with Crippen LogP contribution in [0.4, 0.5) is 5.69 Å².